The van der Waals surface area contributed by atoms with E-state index >= 15 is 0 Å². The Hall–Kier alpha value is -2.65. The van der Waals surface area contributed by atoms with Crippen molar-refractivity contribution in [2.75, 3.05) is 18.0 Å². The highest BCUT2D eigenvalue weighted by Crippen LogP contribution is 2.29. The van der Waals surface area contributed by atoms with Gasteiger partial charge in [-0.25, -0.2) is 0 Å². The Morgan fingerprint density at radius 1 is 1.08 bits per heavy atom. The van der Waals surface area contributed by atoms with Gasteiger partial charge in [-0.15, -0.1) is 13.2 Å². The highest BCUT2D eigenvalue weighted by molar-refractivity contribution is 5.94. The number of nitrogens with zero attached hydrogens (tertiary/aromatic N) is 1. The zero-order valence-corrected chi connectivity index (χ0v) is 15.5. The molecule has 0 heterocycles. The standard InChI is InChI=1S/C23H28N2O/c1-4-16-24-21(18-19-12-8-7-9-13-19)20-14-10-11-15-22(20)25(17-5-2)23(26)6-3/h4-5,7-15,21,24H,1-2,6,16-18H2,3H3. The predicted molar refractivity (Wildman–Crippen MR) is 110 cm³/mol. The van der Waals surface area contributed by atoms with Crippen molar-refractivity contribution >= 4 is 11.6 Å². The summed E-state index contributed by atoms with van der Waals surface area (Å²) in [6.45, 7) is 10.7. The summed E-state index contributed by atoms with van der Waals surface area (Å²) >= 11 is 0. The first-order valence-corrected chi connectivity index (χ1v) is 9.09. The smallest absolute Gasteiger partial charge is 0.227 e. The lowest BCUT2D eigenvalue weighted by Gasteiger charge is -2.28. The van der Waals surface area contributed by atoms with Crippen LogP contribution >= 0.6 is 0 Å². The van der Waals surface area contributed by atoms with Gasteiger partial charge in [0, 0.05) is 31.2 Å². The van der Waals surface area contributed by atoms with E-state index in [4.69, 9.17) is 0 Å². The number of amides is 1. The number of hydrogen-bond acceptors (Lipinski definition) is 2. The van der Waals surface area contributed by atoms with E-state index in [0.717, 1.165) is 17.7 Å². The SMILES string of the molecule is C=CCNC(Cc1ccccc1)c1ccccc1N(CC=C)C(=O)CC. The molecule has 0 bridgehead atoms. The molecule has 3 heteroatoms. The summed E-state index contributed by atoms with van der Waals surface area (Å²) in [7, 11) is 0. The first kappa shape index (κ1) is 19.7. The van der Waals surface area contributed by atoms with E-state index in [2.05, 4.69) is 48.8 Å². The van der Waals surface area contributed by atoms with Gasteiger partial charge in [0.05, 0.1) is 0 Å². The van der Waals surface area contributed by atoms with E-state index in [-0.39, 0.29) is 11.9 Å². The van der Waals surface area contributed by atoms with Gasteiger partial charge in [0.2, 0.25) is 5.91 Å². The van der Waals surface area contributed by atoms with E-state index in [0.29, 0.717) is 19.5 Å². The second-order valence-electron chi connectivity index (χ2n) is 6.14. The Kier molecular flexibility index (Phi) is 7.84. The fourth-order valence-corrected chi connectivity index (χ4v) is 3.05. The summed E-state index contributed by atoms with van der Waals surface area (Å²) < 4.78 is 0. The Labute approximate surface area is 157 Å². The summed E-state index contributed by atoms with van der Waals surface area (Å²) in [5, 5.41) is 3.55. The molecule has 0 aliphatic heterocycles. The van der Waals surface area contributed by atoms with Crippen LogP contribution in [0.5, 0.6) is 0 Å². The molecule has 0 fully saturated rings. The fraction of sp³-hybridized carbons (Fsp3) is 0.261. The van der Waals surface area contributed by atoms with Crippen molar-refractivity contribution in [1.29, 1.82) is 0 Å². The number of rotatable bonds is 10. The molecule has 0 saturated heterocycles. The van der Waals surface area contributed by atoms with Gasteiger partial charge < -0.3 is 10.2 Å². The number of nitrogens with one attached hydrogen (secondary N) is 1. The van der Waals surface area contributed by atoms with Crippen molar-refractivity contribution in [1.82, 2.24) is 5.32 Å². The van der Waals surface area contributed by atoms with Crippen LogP contribution in [0.3, 0.4) is 0 Å². The Balaban J connectivity index is 2.41. The van der Waals surface area contributed by atoms with Crippen LogP contribution in [-0.4, -0.2) is 19.0 Å². The minimum Gasteiger partial charge on any atom is -0.308 e. The number of benzene rings is 2. The van der Waals surface area contributed by atoms with E-state index in [9.17, 15) is 4.79 Å². The van der Waals surface area contributed by atoms with Gasteiger partial charge in [-0.2, -0.15) is 0 Å². The van der Waals surface area contributed by atoms with E-state index in [1.807, 2.05) is 42.2 Å². The third-order valence-electron chi connectivity index (χ3n) is 4.31. The van der Waals surface area contributed by atoms with Crippen LogP contribution in [0.4, 0.5) is 5.69 Å². The van der Waals surface area contributed by atoms with Crippen molar-refractivity contribution in [3.05, 3.63) is 91.0 Å². The van der Waals surface area contributed by atoms with Crippen LogP contribution in [0.1, 0.15) is 30.5 Å². The molecule has 0 radical (unpaired) electrons. The molecule has 1 amide bonds. The largest absolute Gasteiger partial charge is 0.308 e. The zero-order valence-electron chi connectivity index (χ0n) is 15.5. The first-order valence-electron chi connectivity index (χ1n) is 9.09. The van der Waals surface area contributed by atoms with E-state index < -0.39 is 0 Å². The monoisotopic (exact) mass is 348 g/mol. The molecule has 2 aromatic rings. The summed E-state index contributed by atoms with van der Waals surface area (Å²) in [5.41, 5.74) is 3.31. The molecule has 1 atom stereocenters. The molecule has 0 spiro atoms. The number of anilines is 1. The molecule has 0 aliphatic rings. The van der Waals surface area contributed by atoms with Gasteiger partial charge in [-0.1, -0.05) is 67.6 Å². The molecule has 1 N–H and O–H groups in total. The molecule has 0 aromatic heterocycles. The van der Waals surface area contributed by atoms with Gasteiger partial charge in [0.15, 0.2) is 0 Å². The van der Waals surface area contributed by atoms with E-state index in [1.54, 1.807) is 6.08 Å². The van der Waals surface area contributed by atoms with Crippen molar-refractivity contribution in [3.63, 3.8) is 0 Å². The van der Waals surface area contributed by atoms with Gasteiger partial charge in [-0.05, 0) is 23.6 Å². The second-order valence-corrected chi connectivity index (χ2v) is 6.14. The van der Waals surface area contributed by atoms with Gasteiger partial charge in [0.25, 0.3) is 0 Å². The fourth-order valence-electron chi connectivity index (χ4n) is 3.05. The van der Waals surface area contributed by atoms with Crippen molar-refractivity contribution in [2.24, 2.45) is 0 Å². The van der Waals surface area contributed by atoms with Crippen molar-refractivity contribution in [3.8, 4) is 0 Å². The molecule has 0 aliphatic carbocycles. The molecular weight excluding hydrogens is 320 g/mol. The third-order valence-corrected chi connectivity index (χ3v) is 4.31. The maximum Gasteiger partial charge on any atom is 0.227 e. The lowest BCUT2D eigenvalue weighted by atomic mass is 9.96. The number of carbonyl (C=O) groups excluding carboxylic acids is 1. The second kappa shape index (κ2) is 10.4. The summed E-state index contributed by atoms with van der Waals surface area (Å²) in [6, 6.07) is 18.6. The summed E-state index contributed by atoms with van der Waals surface area (Å²) in [4.78, 5) is 14.3. The highest BCUT2D eigenvalue weighted by Gasteiger charge is 2.21. The van der Waals surface area contributed by atoms with Gasteiger partial charge in [-0.3, -0.25) is 4.79 Å². The predicted octanol–water partition coefficient (Wildman–Crippen LogP) is 4.68. The van der Waals surface area contributed by atoms with Crippen molar-refractivity contribution in [2.45, 2.75) is 25.8 Å². The summed E-state index contributed by atoms with van der Waals surface area (Å²) in [5.74, 6) is 0.0968. The lowest BCUT2D eigenvalue weighted by molar-refractivity contribution is -0.118. The summed E-state index contributed by atoms with van der Waals surface area (Å²) in [6.07, 6.45) is 4.94. The molecule has 3 nitrogen and oxygen atoms in total. The van der Waals surface area contributed by atoms with E-state index in [1.165, 1.54) is 5.56 Å². The van der Waals surface area contributed by atoms with Crippen LogP contribution < -0.4 is 10.2 Å². The topological polar surface area (TPSA) is 32.3 Å². The molecular formula is C23H28N2O. The quantitative estimate of drug-likeness (QED) is 0.633. The lowest BCUT2D eigenvalue weighted by Crippen LogP contribution is -2.33. The van der Waals surface area contributed by atoms with Crippen LogP contribution in [-0.2, 0) is 11.2 Å². The normalized spacial score (nSPS) is 11.6. The first-order chi connectivity index (χ1) is 12.7. The van der Waals surface area contributed by atoms with Gasteiger partial charge >= 0.3 is 0 Å². The van der Waals surface area contributed by atoms with Crippen LogP contribution in [0.2, 0.25) is 0 Å². The maximum atomic E-state index is 12.5. The number of carbonyl (C=O) groups is 1. The Bertz CT molecular complexity index is 724. The number of hydrogen-bond donors (Lipinski definition) is 1. The van der Waals surface area contributed by atoms with Crippen LogP contribution in [0.25, 0.3) is 0 Å². The molecule has 0 saturated carbocycles. The highest BCUT2D eigenvalue weighted by atomic mass is 16.2. The van der Waals surface area contributed by atoms with Crippen LogP contribution in [0.15, 0.2) is 79.9 Å². The Morgan fingerprint density at radius 3 is 2.42 bits per heavy atom. The molecule has 26 heavy (non-hydrogen) atoms. The minimum absolute atomic E-state index is 0.0866. The third kappa shape index (κ3) is 5.17. The number of para-hydroxylation sites is 1. The zero-order chi connectivity index (χ0) is 18.8. The maximum absolute atomic E-state index is 12.5. The molecule has 2 aromatic carbocycles. The molecule has 2 rings (SSSR count). The molecule has 1 unspecified atom stereocenters. The minimum atomic E-state index is 0.0866. The molecule has 136 valence electrons. The average Bonchev–Trinajstić information content (AvgIpc) is 2.69. The van der Waals surface area contributed by atoms with Gasteiger partial charge in [0.1, 0.15) is 0 Å². The van der Waals surface area contributed by atoms with Crippen LogP contribution in [0, 0.1) is 0 Å². The van der Waals surface area contributed by atoms with Crippen molar-refractivity contribution < 1.29 is 4.79 Å². The average molecular weight is 348 g/mol. The Morgan fingerprint density at radius 2 is 1.77 bits per heavy atom.